The van der Waals surface area contributed by atoms with Gasteiger partial charge in [-0.1, -0.05) is 31.7 Å². The zero-order chi connectivity index (χ0) is 13.9. The minimum absolute atomic E-state index is 0.736. The number of nitrogen functional groups attached to an aromatic ring is 1. The van der Waals surface area contributed by atoms with Crippen LogP contribution in [0.3, 0.4) is 0 Å². The van der Waals surface area contributed by atoms with Crippen LogP contribution in [0.15, 0.2) is 24.5 Å². The van der Waals surface area contributed by atoms with Crippen LogP contribution in [0.25, 0.3) is 11.1 Å². The van der Waals surface area contributed by atoms with E-state index in [9.17, 15) is 0 Å². The Morgan fingerprint density at radius 1 is 1.35 bits per heavy atom. The number of pyridine rings is 1. The summed E-state index contributed by atoms with van der Waals surface area (Å²) in [5.74, 6) is 1.61. The van der Waals surface area contributed by atoms with E-state index in [0.29, 0.717) is 0 Å². The molecular formula is C16H22N4. The number of aryl methyl sites for hydroxylation is 2. The summed E-state index contributed by atoms with van der Waals surface area (Å²) in [5.41, 5.74) is 9.44. The van der Waals surface area contributed by atoms with Crippen LogP contribution in [-0.4, -0.2) is 14.8 Å². The molecule has 2 heterocycles. The van der Waals surface area contributed by atoms with Gasteiger partial charge in [0.2, 0.25) is 0 Å². The van der Waals surface area contributed by atoms with Crippen molar-refractivity contribution >= 4 is 5.82 Å². The summed E-state index contributed by atoms with van der Waals surface area (Å²) in [4.78, 5) is 4.20. The van der Waals surface area contributed by atoms with Gasteiger partial charge < -0.3 is 5.73 Å². The van der Waals surface area contributed by atoms with E-state index in [1.807, 2.05) is 19.3 Å². The van der Waals surface area contributed by atoms with Gasteiger partial charge in [-0.2, -0.15) is 5.10 Å². The first-order valence-electron chi connectivity index (χ1n) is 7.47. The molecule has 2 N–H and O–H groups in total. The Hall–Kier alpha value is -1.84. The zero-order valence-electron chi connectivity index (χ0n) is 12.0. The van der Waals surface area contributed by atoms with E-state index in [4.69, 9.17) is 5.73 Å². The molecule has 1 saturated carbocycles. The van der Waals surface area contributed by atoms with E-state index >= 15 is 0 Å². The maximum atomic E-state index is 6.19. The van der Waals surface area contributed by atoms with Crippen molar-refractivity contribution in [2.75, 3.05) is 5.73 Å². The van der Waals surface area contributed by atoms with Gasteiger partial charge in [0.15, 0.2) is 0 Å². The van der Waals surface area contributed by atoms with Gasteiger partial charge in [-0.05, 0) is 24.8 Å². The van der Waals surface area contributed by atoms with Crippen molar-refractivity contribution in [1.29, 1.82) is 0 Å². The van der Waals surface area contributed by atoms with Crippen molar-refractivity contribution in [3.05, 3.63) is 30.2 Å². The molecule has 2 aromatic rings. The first-order chi connectivity index (χ1) is 9.75. The molecule has 0 radical (unpaired) electrons. The summed E-state index contributed by atoms with van der Waals surface area (Å²) in [6.45, 7) is 0. The van der Waals surface area contributed by atoms with E-state index in [-0.39, 0.29) is 0 Å². The Kier molecular flexibility index (Phi) is 3.72. The van der Waals surface area contributed by atoms with Crippen molar-refractivity contribution in [3.8, 4) is 11.1 Å². The highest BCUT2D eigenvalue weighted by atomic mass is 15.3. The molecule has 1 aliphatic carbocycles. The third-order valence-electron chi connectivity index (χ3n) is 4.38. The largest absolute Gasteiger partial charge is 0.383 e. The molecule has 0 unspecified atom stereocenters. The average molecular weight is 270 g/mol. The summed E-state index contributed by atoms with van der Waals surface area (Å²) in [7, 11) is 1.91. The van der Waals surface area contributed by atoms with Crippen LogP contribution in [0.5, 0.6) is 0 Å². The second-order valence-corrected chi connectivity index (χ2v) is 5.76. The summed E-state index contributed by atoms with van der Waals surface area (Å²) in [6, 6.07) is 4.00. The predicted molar refractivity (Wildman–Crippen MR) is 81.1 cm³/mol. The minimum Gasteiger partial charge on any atom is -0.383 e. The highest BCUT2D eigenvalue weighted by Crippen LogP contribution is 2.33. The average Bonchev–Trinajstić information content (AvgIpc) is 3.07. The fourth-order valence-corrected chi connectivity index (χ4v) is 3.23. The number of nitrogens with zero attached hydrogens (tertiary/aromatic N) is 3. The van der Waals surface area contributed by atoms with Crippen LogP contribution in [0, 0.1) is 5.92 Å². The van der Waals surface area contributed by atoms with Crippen molar-refractivity contribution in [2.24, 2.45) is 13.0 Å². The Morgan fingerprint density at radius 3 is 2.85 bits per heavy atom. The Balaban J connectivity index is 1.85. The van der Waals surface area contributed by atoms with Crippen LogP contribution in [0.4, 0.5) is 5.82 Å². The number of aromatic nitrogens is 3. The van der Waals surface area contributed by atoms with Gasteiger partial charge in [0.1, 0.15) is 5.82 Å². The van der Waals surface area contributed by atoms with Gasteiger partial charge in [-0.15, -0.1) is 0 Å². The molecule has 4 nitrogen and oxygen atoms in total. The van der Waals surface area contributed by atoms with Gasteiger partial charge in [0.25, 0.3) is 0 Å². The van der Waals surface area contributed by atoms with Crippen molar-refractivity contribution in [3.63, 3.8) is 0 Å². The third kappa shape index (κ3) is 2.55. The normalized spacial score (nSPS) is 15.8. The fourth-order valence-electron chi connectivity index (χ4n) is 3.23. The van der Waals surface area contributed by atoms with Crippen molar-refractivity contribution in [1.82, 2.24) is 14.8 Å². The molecular weight excluding hydrogens is 248 g/mol. The lowest BCUT2D eigenvalue weighted by Crippen LogP contribution is -1.99. The van der Waals surface area contributed by atoms with Gasteiger partial charge in [-0.25, -0.2) is 0 Å². The number of nitrogens with two attached hydrogens (primary N) is 1. The van der Waals surface area contributed by atoms with Gasteiger partial charge in [0, 0.05) is 30.6 Å². The molecule has 0 bridgehead atoms. The second-order valence-electron chi connectivity index (χ2n) is 5.76. The predicted octanol–water partition coefficient (Wildman–Crippen LogP) is 3.19. The number of hydrogen-bond acceptors (Lipinski definition) is 3. The molecule has 0 aromatic carbocycles. The van der Waals surface area contributed by atoms with Crippen LogP contribution in [0.2, 0.25) is 0 Å². The molecule has 20 heavy (non-hydrogen) atoms. The SMILES string of the molecule is Cn1nc(CCC2CCCC2)c(-c2cccnc2)c1N. The van der Waals surface area contributed by atoms with E-state index in [1.54, 1.807) is 10.9 Å². The molecule has 0 aliphatic heterocycles. The smallest absolute Gasteiger partial charge is 0.129 e. The first kappa shape index (κ1) is 13.2. The van der Waals surface area contributed by atoms with E-state index in [0.717, 1.165) is 35.0 Å². The molecule has 0 saturated heterocycles. The molecule has 2 aromatic heterocycles. The molecule has 106 valence electrons. The standard InChI is InChI=1S/C16H22N4/c1-20-16(17)15(13-7-4-10-18-11-13)14(19-20)9-8-12-5-2-3-6-12/h4,7,10-12H,2-3,5-6,8-9,17H2,1H3. The molecule has 3 rings (SSSR count). The minimum atomic E-state index is 0.736. The maximum Gasteiger partial charge on any atom is 0.129 e. The number of rotatable bonds is 4. The van der Waals surface area contributed by atoms with Gasteiger partial charge in [0.05, 0.1) is 5.69 Å². The van der Waals surface area contributed by atoms with E-state index < -0.39 is 0 Å². The Labute approximate surface area is 120 Å². The van der Waals surface area contributed by atoms with E-state index in [1.165, 1.54) is 32.1 Å². The molecule has 0 spiro atoms. The lowest BCUT2D eigenvalue weighted by molar-refractivity contribution is 0.499. The van der Waals surface area contributed by atoms with Gasteiger partial charge in [-0.3, -0.25) is 9.67 Å². The Morgan fingerprint density at radius 2 is 2.15 bits per heavy atom. The number of hydrogen-bond donors (Lipinski definition) is 1. The van der Waals surface area contributed by atoms with E-state index in [2.05, 4.69) is 16.1 Å². The van der Waals surface area contributed by atoms with Crippen LogP contribution in [-0.2, 0) is 13.5 Å². The maximum absolute atomic E-state index is 6.19. The second kappa shape index (κ2) is 5.65. The molecule has 0 amide bonds. The van der Waals surface area contributed by atoms with Crippen molar-refractivity contribution in [2.45, 2.75) is 38.5 Å². The summed E-state index contributed by atoms with van der Waals surface area (Å²) in [5, 5.41) is 4.61. The summed E-state index contributed by atoms with van der Waals surface area (Å²) < 4.78 is 1.78. The highest BCUT2D eigenvalue weighted by molar-refractivity contribution is 5.76. The van der Waals surface area contributed by atoms with Crippen LogP contribution in [0.1, 0.15) is 37.8 Å². The molecule has 0 atom stereocenters. The summed E-state index contributed by atoms with van der Waals surface area (Å²) in [6.07, 6.45) is 11.4. The molecule has 4 heteroatoms. The molecule has 1 aliphatic rings. The highest BCUT2D eigenvalue weighted by Gasteiger charge is 2.19. The summed E-state index contributed by atoms with van der Waals surface area (Å²) >= 11 is 0. The quantitative estimate of drug-likeness (QED) is 0.928. The third-order valence-corrected chi connectivity index (χ3v) is 4.38. The lowest BCUT2D eigenvalue weighted by Gasteiger charge is -2.08. The molecule has 1 fully saturated rings. The first-order valence-corrected chi connectivity index (χ1v) is 7.47. The lowest BCUT2D eigenvalue weighted by atomic mass is 9.97. The van der Waals surface area contributed by atoms with Crippen molar-refractivity contribution < 1.29 is 0 Å². The fraction of sp³-hybridized carbons (Fsp3) is 0.500. The monoisotopic (exact) mass is 270 g/mol. The number of anilines is 1. The topological polar surface area (TPSA) is 56.7 Å². The Bertz CT molecular complexity index is 568. The van der Waals surface area contributed by atoms with Gasteiger partial charge >= 0.3 is 0 Å². The van der Waals surface area contributed by atoms with Crippen LogP contribution < -0.4 is 5.73 Å². The zero-order valence-corrected chi connectivity index (χ0v) is 12.0. The van der Waals surface area contributed by atoms with Crippen LogP contribution >= 0.6 is 0 Å².